The minimum Gasteiger partial charge on any atom is -0.458 e. The van der Waals surface area contributed by atoms with Gasteiger partial charge in [0.05, 0.1) is 5.57 Å². The van der Waals surface area contributed by atoms with Crippen molar-refractivity contribution in [2.45, 2.75) is 6.61 Å². The van der Waals surface area contributed by atoms with Gasteiger partial charge >= 0.3 is 11.9 Å². The molecule has 0 spiro atoms. The number of benzene rings is 2. The maximum absolute atomic E-state index is 11.8. The van der Waals surface area contributed by atoms with E-state index in [1.165, 1.54) is 6.08 Å². The lowest BCUT2D eigenvalue weighted by molar-refractivity contribution is -0.139. The van der Waals surface area contributed by atoms with E-state index in [-0.39, 0.29) is 12.2 Å². The molecular formula is C17H12O4. The Balaban J connectivity index is 1.73. The maximum Gasteiger partial charge on any atom is 0.344 e. The molecule has 0 amide bonds. The van der Waals surface area contributed by atoms with Crippen molar-refractivity contribution in [3.63, 3.8) is 0 Å². The molecule has 1 heterocycles. The van der Waals surface area contributed by atoms with Crippen LogP contribution < -0.4 is 4.74 Å². The Morgan fingerprint density at radius 3 is 2.57 bits per heavy atom. The van der Waals surface area contributed by atoms with Crippen LogP contribution >= 0.6 is 0 Å². The number of para-hydroxylation sites is 1. The second-order valence-corrected chi connectivity index (χ2v) is 4.54. The Labute approximate surface area is 121 Å². The van der Waals surface area contributed by atoms with Gasteiger partial charge in [0.15, 0.2) is 0 Å². The van der Waals surface area contributed by atoms with Crippen molar-refractivity contribution in [3.8, 4) is 5.75 Å². The number of ether oxygens (including phenoxy) is 2. The van der Waals surface area contributed by atoms with E-state index in [2.05, 4.69) is 0 Å². The molecule has 2 aromatic rings. The molecule has 4 heteroatoms. The summed E-state index contributed by atoms with van der Waals surface area (Å²) < 4.78 is 10.2. The first-order valence-electron chi connectivity index (χ1n) is 6.48. The predicted octanol–water partition coefficient (Wildman–Crippen LogP) is 2.73. The summed E-state index contributed by atoms with van der Waals surface area (Å²) in [5.41, 5.74) is 1.72. The maximum atomic E-state index is 11.8. The van der Waals surface area contributed by atoms with Gasteiger partial charge in [0, 0.05) is 11.6 Å². The van der Waals surface area contributed by atoms with Crippen LogP contribution in [0.25, 0.3) is 5.57 Å². The quantitative estimate of drug-likeness (QED) is 0.493. The van der Waals surface area contributed by atoms with E-state index in [0.29, 0.717) is 11.3 Å². The van der Waals surface area contributed by atoms with Gasteiger partial charge in [-0.25, -0.2) is 9.59 Å². The van der Waals surface area contributed by atoms with Crippen LogP contribution in [0.15, 0.2) is 60.7 Å². The summed E-state index contributed by atoms with van der Waals surface area (Å²) >= 11 is 0. The third kappa shape index (κ3) is 2.84. The first-order valence-corrected chi connectivity index (χ1v) is 6.48. The van der Waals surface area contributed by atoms with E-state index in [4.69, 9.17) is 9.47 Å². The third-order valence-electron chi connectivity index (χ3n) is 3.09. The number of rotatable bonds is 3. The minimum absolute atomic E-state index is 0.167. The number of esters is 2. The highest BCUT2D eigenvalue weighted by Gasteiger charge is 2.27. The van der Waals surface area contributed by atoms with Crippen LogP contribution in [0, 0.1) is 0 Å². The van der Waals surface area contributed by atoms with Crippen molar-refractivity contribution in [1.82, 2.24) is 0 Å². The molecule has 0 saturated heterocycles. The number of carbonyl (C=O) groups is 2. The van der Waals surface area contributed by atoms with Crippen LogP contribution in [0.5, 0.6) is 5.75 Å². The molecule has 0 atom stereocenters. The topological polar surface area (TPSA) is 52.6 Å². The Kier molecular flexibility index (Phi) is 3.51. The highest BCUT2D eigenvalue weighted by Crippen LogP contribution is 2.33. The van der Waals surface area contributed by atoms with Gasteiger partial charge in [-0.3, -0.25) is 0 Å². The summed E-state index contributed by atoms with van der Waals surface area (Å²) in [4.78, 5) is 23.6. The van der Waals surface area contributed by atoms with Crippen LogP contribution in [0.2, 0.25) is 0 Å². The van der Waals surface area contributed by atoms with Crippen molar-refractivity contribution >= 4 is 17.5 Å². The molecule has 0 aromatic heterocycles. The van der Waals surface area contributed by atoms with Gasteiger partial charge in [-0.2, -0.15) is 0 Å². The lowest BCUT2D eigenvalue weighted by Gasteiger charge is -2.02. The Morgan fingerprint density at radius 2 is 1.76 bits per heavy atom. The van der Waals surface area contributed by atoms with Gasteiger partial charge in [-0.1, -0.05) is 48.5 Å². The standard InChI is InChI=1S/C17H12O4/c18-16(20-11-12-6-2-1-3-7-12)10-14-13-8-4-5-9-15(13)21-17(14)19/h1-10H,11H2/b14-10+. The number of hydrogen-bond donors (Lipinski definition) is 0. The molecule has 3 rings (SSSR count). The van der Waals surface area contributed by atoms with Crippen molar-refractivity contribution in [3.05, 3.63) is 71.8 Å². The monoisotopic (exact) mass is 280 g/mol. The smallest absolute Gasteiger partial charge is 0.344 e. The number of fused-ring (bicyclic) bond motifs is 1. The van der Waals surface area contributed by atoms with Crippen molar-refractivity contribution in [2.24, 2.45) is 0 Å². The average Bonchev–Trinajstić information content (AvgIpc) is 2.82. The van der Waals surface area contributed by atoms with E-state index >= 15 is 0 Å². The fraction of sp³-hybridized carbons (Fsp3) is 0.0588. The molecule has 0 radical (unpaired) electrons. The van der Waals surface area contributed by atoms with E-state index in [0.717, 1.165) is 5.56 Å². The zero-order valence-corrected chi connectivity index (χ0v) is 11.1. The SMILES string of the molecule is O=C(/C=C1/C(=O)Oc2ccccc21)OCc1ccccc1. The molecule has 0 saturated carbocycles. The molecule has 0 fully saturated rings. The highest BCUT2D eigenvalue weighted by molar-refractivity contribution is 6.24. The highest BCUT2D eigenvalue weighted by atomic mass is 16.5. The molecule has 1 aliphatic heterocycles. The number of hydrogen-bond acceptors (Lipinski definition) is 4. The first-order chi connectivity index (χ1) is 10.2. The molecule has 104 valence electrons. The summed E-state index contributed by atoms with van der Waals surface area (Å²) in [6.45, 7) is 0.167. The summed E-state index contributed by atoms with van der Waals surface area (Å²) in [7, 11) is 0. The van der Waals surface area contributed by atoms with E-state index in [1.54, 1.807) is 24.3 Å². The Hall–Kier alpha value is -2.88. The lowest BCUT2D eigenvalue weighted by Crippen LogP contribution is -2.06. The minimum atomic E-state index is -0.567. The van der Waals surface area contributed by atoms with Crippen LogP contribution in [-0.4, -0.2) is 11.9 Å². The van der Waals surface area contributed by atoms with Crippen LogP contribution in [0.4, 0.5) is 0 Å². The molecule has 0 bridgehead atoms. The average molecular weight is 280 g/mol. The molecule has 0 N–H and O–H groups in total. The van der Waals surface area contributed by atoms with E-state index < -0.39 is 11.9 Å². The predicted molar refractivity (Wildman–Crippen MR) is 76.3 cm³/mol. The first kappa shape index (κ1) is 13.1. The summed E-state index contributed by atoms with van der Waals surface area (Å²) in [5.74, 6) is -0.639. The van der Waals surface area contributed by atoms with Gasteiger partial charge in [0.1, 0.15) is 12.4 Å². The van der Waals surface area contributed by atoms with Crippen LogP contribution in [-0.2, 0) is 20.9 Å². The molecule has 2 aromatic carbocycles. The van der Waals surface area contributed by atoms with Gasteiger partial charge in [0.2, 0.25) is 0 Å². The van der Waals surface area contributed by atoms with Gasteiger partial charge in [0.25, 0.3) is 0 Å². The summed E-state index contributed by atoms with van der Waals surface area (Å²) in [6.07, 6.45) is 1.18. The van der Waals surface area contributed by atoms with Crippen molar-refractivity contribution in [2.75, 3.05) is 0 Å². The molecular weight excluding hydrogens is 268 g/mol. The molecule has 1 aliphatic rings. The van der Waals surface area contributed by atoms with Gasteiger partial charge in [-0.05, 0) is 11.6 Å². The fourth-order valence-electron chi connectivity index (χ4n) is 2.07. The van der Waals surface area contributed by atoms with E-state index in [9.17, 15) is 9.59 Å². The second-order valence-electron chi connectivity index (χ2n) is 4.54. The third-order valence-corrected chi connectivity index (χ3v) is 3.09. The molecule has 0 aliphatic carbocycles. The van der Waals surface area contributed by atoms with Gasteiger partial charge < -0.3 is 9.47 Å². The summed E-state index contributed by atoms with van der Waals surface area (Å²) in [6, 6.07) is 16.3. The lowest BCUT2D eigenvalue weighted by atomic mass is 10.1. The van der Waals surface area contributed by atoms with Gasteiger partial charge in [-0.15, -0.1) is 0 Å². The summed E-state index contributed by atoms with van der Waals surface area (Å²) in [5, 5.41) is 0. The fourth-order valence-corrected chi connectivity index (χ4v) is 2.07. The van der Waals surface area contributed by atoms with Crippen molar-refractivity contribution < 1.29 is 19.1 Å². The normalized spacial score (nSPS) is 14.7. The zero-order valence-electron chi connectivity index (χ0n) is 11.1. The number of carbonyl (C=O) groups excluding carboxylic acids is 2. The zero-order chi connectivity index (χ0) is 14.7. The Bertz CT molecular complexity index is 717. The van der Waals surface area contributed by atoms with Crippen molar-refractivity contribution in [1.29, 1.82) is 0 Å². The molecule has 0 unspecified atom stereocenters. The van der Waals surface area contributed by atoms with E-state index in [1.807, 2.05) is 30.3 Å². The van der Waals surface area contributed by atoms with Crippen LogP contribution in [0.3, 0.4) is 0 Å². The largest absolute Gasteiger partial charge is 0.458 e. The van der Waals surface area contributed by atoms with Crippen LogP contribution in [0.1, 0.15) is 11.1 Å². The molecule has 21 heavy (non-hydrogen) atoms. The molecule has 4 nitrogen and oxygen atoms in total. The second kappa shape index (κ2) is 5.63. The Morgan fingerprint density at radius 1 is 1.05 bits per heavy atom.